The van der Waals surface area contributed by atoms with E-state index < -0.39 is 27.8 Å². The van der Waals surface area contributed by atoms with Crippen LogP contribution in [-0.2, 0) is 21.2 Å². The molecule has 0 bridgehead atoms. The Morgan fingerprint density at radius 2 is 1.74 bits per heavy atom. The van der Waals surface area contributed by atoms with Crippen LogP contribution in [0.5, 0.6) is 0 Å². The lowest BCUT2D eigenvalue weighted by atomic mass is 10.1. The lowest BCUT2D eigenvalue weighted by Gasteiger charge is -2.17. The molecule has 0 heterocycles. The maximum atomic E-state index is 12.5. The summed E-state index contributed by atoms with van der Waals surface area (Å²) in [6.45, 7) is -0.323. The molecule has 1 amide bonds. The number of nitrogens with one attached hydrogen (secondary N) is 2. The number of carbonyl (C=O) groups is 2. The molecule has 0 aliphatic heterocycles. The van der Waals surface area contributed by atoms with E-state index in [1.165, 1.54) is 18.2 Å². The van der Waals surface area contributed by atoms with Crippen molar-refractivity contribution in [1.82, 2.24) is 10.0 Å². The third-order valence-electron chi connectivity index (χ3n) is 3.61. The summed E-state index contributed by atoms with van der Waals surface area (Å²) in [5.41, 5.74) is 0.998. The maximum Gasteiger partial charge on any atom is 0.238 e. The number of halogens is 2. The lowest BCUT2D eigenvalue weighted by molar-refractivity contribution is -0.122. The molecule has 0 aromatic heterocycles. The zero-order valence-electron chi connectivity index (χ0n) is 14.4. The van der Waals surface area contributed by atoms with Gasteiger partial charge in [0.15, 0.2) is 5.78 Å². The third kappa shape index (κ3) is 6.95. The van der Waals surface area contributed by atoms with E-state index in [0.717, 1.165) is 11.8 Å². The van der Waals surface area contributed by atoms with Crippen molar-refractivity contribution in [2.75, 3.05) is 12.8 Å². The first-order chi connectivity index (χ1) is 12.7. The van der Waals surface area contributed by atoms with Crippen molar-refractivity contribution in [2.24, 2.45) is 0 Å². The molecule has 0 radical (unpaired) electrons. The highest BCUT2D eigenvalue weighted by Gasteiger charge is 2.23. The van der Waals surface area contributed by atoms with Crippen LogP contribution in [0.1, 0.15) is 15.9 Å². The molecule has 0 fully saturated rings. The molecule has 1 atom stereocenters. The summed E-state index contributed by atoms with van der Waals surface area (Å²) in [6.07, 6.45) is 1.12. The average Bonchev–Trinajstić information content (AvgIpc) is 2.58. The van der Waals surface area contributed by atoms with Crippen LogP contribution < -0.4 is 10.0 Å². The zero-order chi connectivity index (χ0) is 20.0. The predicted molar refractivity (Wildman–Crippen MR) is 106 cm³/mol. The second-order valence-electron chi connectivity index (χ2n) is 5.90. The number of amides is 1. The largest absolute Gasteiger partial charge is 0.347 e. The van der Waals surface area contributed by atoms with Gasteiger partial charge in [-0.25, -0.2) is 13.1 Å². The zero-order valence-corrected chi connectivity index (χ0v) is 16.7. The second kappa shape index (κ2) is 9.32. The number of rotatable bonds is 8. The van der Waals surface area contributed by atoms with Gasteiger partial charge in [0.25, 0.3) is 0 Å². The number of benzene rings is 2. The van der Waals surface area contributed by atoms with Gasteiger partial charge < -0.3 is 5.32 Å². The van der Waals surface area contributed by atoms with Gasteiger partial charge in [-0.3, -0.25) is 9.59 Å². The van der Waals surface area contributed by atoms with Crippen LogP contribution in [0.4, 0.5) is 0 Å². The second-order valence-corrected chi connectivity index (χ2v) is 8.52. The Morgan fingerprint density at radius 1 is 1.07 bits per heavy atom. The Kier molecular flexibility index (Phi) is 7.38. The van der Waals surface area contributed by atoms with Crippen LogP contribution in [0.2, 0.25) is 10.0 Å². The monoisotopic (exact) mass is 428 g/mol. The van der Waals surface area contributed by atoms with Gasteiger partial charge in [0.2, 0.25) is 15.9 Å². The van der Waals surface area contributed by atoms with Gasteiger partial charge in [-0.15, -0.1) is 0 Å². The number of ketones is 1. The summed E-state index contributed by atoms with van der Waals surface area (Å²) in [6, 6.07) is 12.3. The minimum Gasteiger partial charge on any atom is -0.347 e. The molecule has 144 valence electrons. The third-order valence-corrected chi connectivity index (χ3v) is 4.87. The van der Waals surface area contributed by atoms with Crippen LogP contribution in [0.25, 0.3) is 0 Å². The fourth-order valence-corrected chi connectivity index (χ4v) is 3.62. The molecule has 0 spiro atoms. The lowest BCUT2D eigenvalue weighted by Crippen LogP contribution is -2.48. The van der Waals surface area contributed by atoms with E-state index in [9.17, 15) is 18.0 Å². The molecular formula is C18H18Cl2N2O4S. The molecule has 0 saturated carbocycles. The van der Waals surface area contributed by atoms with Gasteiger partial charge >= 0.3 is 0 Å². The number of hydrogen-bond acceptors (Lipinski definition) is 4. The number of carbonyl (C=O) groups excluding carboxylic acids is 2. The summed E-state index contributed by atoms with van der Waals surface area (Å²) >= 11 is 11.8. The average molecular weight is 429 g/mol. The van der Waals surface area contributed by atoms with E-state index in [1.807, 2.05) is 6.07 Å². The summed E-state index contributed by atoms with van der Waals surface area (Å²) in [4.78, 5) is 24.7. The van der Waals surface area contributed by atoms with Gasteiger partial charge in [0.05, 0.1) is 17.8 Å². The van der Waals surface area contributed by atoms with Crippen molar-refractivity contribution >= 4 is 44.9 Å². The Morgan fingerprint density at radius 3 is 2.33 bits per heavy atom. The first-order valence-corrected chi connectivity index (χ1v) is 10.6. The highest BCUT2D eigenvalue weighted by atomic mass is 35.5. The van der Waals surface area contributed by atoms with E-state index in [1.54, 1.807) is 24.3 Å². The minimum atomic E-state index is -3.62. The van der Waals surface area contributed by atoms with E-state index in [2.05, 4.69) is 10.0 Å². The smallest absolute Gasteiger partial charge is 0.238 e. The highest BCUT2D eigenvalue weighted by Crippen LogP contribution is 2.21. The summed E-state index contributed by atoms with van der Waals surface area (Å²) < 4.78 is 25.5. The van der Waals surface area contributed by atoms with E-state index in [-0.39, 0.29) is 23.6 Å². The van der Waals surface area contributed by atoms with Gasteiger partial charge in [0.1, 0.15) is 6.04 Å². The fourth-order valence-electron chi connectivity index (χ4n) is 2.40. The molecule has 2 N–H and O–H groups in total. The Balaban J connectivity index is 2.07. The van der Waals surface area contributed by atoms with Crippen LogP contribution in [0.3, 0.4) is 0 Å². The summed E-state index contributed by atoms with van der Waals surface area (Å²) in [5.74, 6) is -1.02. The van der Waals surface area contributed by atoms with Crippen LogP contribution in [-0.4, -0.2) is 39.0 Å². The summed E-state index contributed by atoms with van der Waals surface area (Å²) in [7, 11) is -3.62. The fraction of sp³-hybridized carbons (Fsp3) is 0.222. The predicted octanol–water partition coefficient (Wildman–Crippen LogP) is 2.45. The molecule has 2 aromatic carbocycles. The number of Topliss-reactive ketones (excluding diaryl/α,β-unsaturated/α-hetero) is 1. The topological polar surface area (TPSA) is 92.3 Å². The Bertz CT molecular complexity index is 934. The van der Waals surface area contributed by atoms with Crippen molar-refractivity contribution in [3.8, 4) is 0 Å². The van der Waals surface area contributed by atoms with Gasteiger partial charge in [-0.05, 0) is 30.2 Å². The highest BCUT2D eigenvalue weighted by molar-refractivity contribution is 7.88. The molecule has 2 rings (SSSR count). The number of hydrogen-bond donors (Lipinski definition) is 2. The molecule has 0 aliphatic rings. The molecule has 6 nitrogen and oxygen atoms in total. The van der Waals surface area contributed by atoms with Crippen molar-refractivity contribution in [2.45, 2.75) is 12.5 Å². The van der Waals surface area contributed by atoms with E-state index in [0.29, 0.717) is 5.02 Å². The molecule has 0 aliphatic carbocycles. The molecular weight excluding hydrogens is 411 g/mol. The van der Waals surface area contributed by atoms with E-state index in [4.69, 9.17) is 23.2 Å². The maximum absolute atomic E-state index is 12.5. The first kappa shape index (κ1) is 21.4. The Labute approximate surface area is 167 Å². The summed E-state index contributed by atoms with van der Waals surface area (Å²) in [5, 5.41) is 3.03. The van der Waals surface area contributed by atoms with Crippen molar-refractivity contribution in [3.63, 3.8) is 0 Å². The minimum absolute atomic E-state index is 0.148. The Hall–Kier alpha value is -1.93. The number of sulfonamides is 1. The van der Waals surface area contributed by atoms with Crippen LogP contribution >= 0.6 is 23.2 Å². The quantitative estimate of drug-likeness (QED) is 0.631. The van der Waals surface area contributed by atoms with Crippen LogP contribution in [0, 0.1) is 0 Å². The first-order valence-electron chi connectivity index (χ1n) is 7.93. The molecule has 27 heavy (non-hydrogen) atoms. The van der Waals surface area contributed by atoms with Crippen molar-refractivity contribution in [1.29, 1.82) is 0 Å². The van der Waals surface area contributed by atoms with E-state index >= 15 is 0 Å². The van der Waals surface area contributed by atoms with Crippen molar-refractivity contribution in [3.05, 3.63) is 69.7 Å². The van der Waals surface area contributed by atoms with Gasteiger partial charge in [-0.2, -0.15) is 0 Å². The normalized spacial score (nSPS) is 12.4. The molecule has 1 unspecified atom stereocenters. The van der Waals surface area contributed by atoms with Crippen LogP contribution in [0.15, 0.2) is 48.5 Å². The standard InChI is InChI=1S/C18H18Cl2N2O4S/c1-27(25,26)22-16(9-12-5-3-2-4-6-12)18(24)21-11-17(23)14-8-7-13(19)10-15(14)20/h2-8,10,16,22H,9,11H2,1H3,(H,21,24). The molecule has 0 saturated heterocycles. The van der Waals surface area contributed by atoms with Gasteiger partial charge in [-0.1, -0.05) is 53.5 Å². The van der Waals surface area contributed by atoms with Crippen molar-refractivity contribution < 1.29 is 18.0 Å². The molecule has 9 heteroatoms. The molecule has 2 aromatic rings. The SMILES string of the molecule is CS(=O)(=O)NC(Cc1ccccc1)C(=O)NCC(=O)c1ccc(Cl)cc1Cl. The van der Waals surface area contributed by atoms with Gasteiger partial charge in [0, 0.05) is 10.6 Å².